The van der Waals surface area contributed by atoms with E-state index in [0.29, 0.717) is 5.92 Å². The Hall–Kier alpha value is -1.23. The first-order valence-corrected chi connectivity index (χ1v) is 6.32. The average molecular weight is 236 g/mol. The highest BCUT2D eigenvalue weighted by Gasteiger charge is 2.07. The molecule has 0 radical (unpaired) electrons. The van der Waals surface area contributed by atoms with Crippen molar-refractivity contribution >= 4 is 11.3 Å². The summed E-state index contributed by atoms with van der Waals surface area (Å²) in [5.41, 5.74) is 2.33. The highest BCUT2D eigenvalue weighted by atomic mass is 32.1. The van der Waals surface area contributed by atoms with E-state index in [-0.39, 0.29) is 0 Å². The first kappa shape index (κ1) is 11.3. The molecule has 0 fully saturated rings. The van der Waals surface area contributed by atoms with Crippen molar-refractivity contribution in [3.63, 3.8) is 0 Å². The lowest BCUT2D eigenvalue weighted by Crippen LogP contribution is -2.00. The van der Waals surface area contributed by atoms with E-state index in [0.717, 1.165) is 18.5 Å². The van der Waals surface area contributed by atoms with Gasteiger partial charge in [-0.1, -0.05) is 19.1 Å². The molecule has 0 N–H and O–H groups in total. The SMILES string of the molecule is CC(C)c1nc(CCc2cnnn2C)cs1. The van der Waals surface area contributed by atoms with Crippen LogP contribution >= 0.6 is 11.3 Å². The highest BCUT2D eigenvalue weighted by molar-refractivity contribution is 7.09. The lowest BCUT2D eigenvalue weighted by Gasteiger charge is -1.99. The van der Waals surface area contributed by atoms with Gasteiger partial charge < -0.3 is 0 Å². The summed E-state index contributed by atoms with van der Waals surface area (Å²) in [4.78, 5) is 4.61. The number of hydrogen-bond acceptors (Lipinski definition) is 4. The molecule has 0 saturated heterocycles. The molecule has 2 rings (SSSR count). The van der Waals surface area contributed by atoms with E-state index in [1.165, 1.54) is 10.7 Å². The Kier molecular flexibility index (Phi) is 3.33. The minimum absolute atomic E-state index is 0.525. The third-order valence-electron chi connectivity index (χ3n) is 2.51. The van der Waals surface area contributed by atoms with Crippen LogP contribution in [-0.4, -0.2) is 20.0 Å². The molecule has 5 heteroatoms. The normalized spacial score (nSPS) is 11.2. The molecule has 0 unspecified atom stereocenters. The van der Waals surface area contributed by atoms with Crippen LogP contribution in [-0.2, 0) is 19.9 Å². The fourth-order valence-corrected chi connectivity index (χ4v) is 2.37. The fourth-order valence-electron chi connectivity index (χ4n) is 1.50. The lowest BCUT2D eigenvalue weighted by atomic mass is 10.2. The highest BCUT2D eigenvalue weighted by Crippen LogP contribution is 2.19. The van der Waals surface area contributed by atoms with Crippen LogP contribution in [0.25, 0.3) is 0 Å². The summed E-state index contributed by atoms with van der Waals surface area (Å²) in [6, 6.07) is 0. The predicted octanol–water partition coefficient (Wildman–Crippen LogP) is 2.18. The van der Waals surface area contributed by atoms with E-state index >= 15 is 0 Å². The van der Waals surface area contributed by atoms with Crippen LogP contribution in [0, 0.1) is 0 Å². The minimum Gasteiger partial charge on any atom is -0.252 e. The smallest absolute Gasteiger partial charge is 0.0953 e. The topological polar surface area (TPSA) is 43.6 Å². The molecule has 0 atom stereocenters. The number of aromatic nitrogens is 4. The number of aryl methyl sites for hydroxylation is 3. The van der Waals surface area contributed by atoms with Crippen LogP contribution in [0.3, 0.4) is 0 Å². The van der Waals surface area contributed by atoms with Crippen LogP contribution in [0.15, 0.2) is 11.6 Å². The van der Waals surface area contributed by atoms with Gasteiger partial charge in [0.15, 0.2) is 0 Å². The zero-order valence-electron chi connectivity index (χ0n) is 9.84. The summed E-state index contributed by atoms with van der Waals surface area (Å²) >= 11 is 1.75. The second-order valence-corrected chi connectivity index (χ2v) is 5.07. The molecule has 0 aromatic carbocycles. The molecule has 0 bridgehead atoms. The van der Waals surface area contributed by atoms with Gasteiger partial charge in [-0.3, -0.25) is 4.68 Å². The molecule has 0 aliphatic carbocycles. The fraction of sp³-hybridized carbons (Fsp3) is 0.545. The Morgan fingerprint density at radius 1 is 1.38 bits per heavy atom. The molecule has 86 valence electrons. The van der Waals surface area contributed by atoms with Gasteiger partial charge in [-0.25, -0.2) is 4.98 Å². The van der Waals surface area contributed by atoms with Crippen LogP contribution in [0.1, 0.15) is 36.2 Å². The molecule has 0 aliphatic rings. The molecule has 4 nitrogen and oxygen atoms in total. The molecule has 0 spiro atoms. The summed E-state index contributed by atoms with van der Waals surface area (Å²) in [5, 5.41) is 11.1. The predicted molar refractivity (Wildman–Crippen MR) is 64.6 cm³/mol. The zero-order valence-corrected chi connectivity index (χ0v) is 10.7. The maximum Gasteiger partial charge on any atom is 0.0953 e. The molecule has 0 aliphatic heterocycles. The van der Waals surface area contributed by atoms with E-state index in [1.807, 2.05) is 17.9 Å². The van der Waals surface area contributed by atoms with Crippen molar-refractivity contribution in [2.24, 2.45) is 7.05 Å². The van der Waals surface area contributed by atoms with Crippen molar-refractivity contribution in [2.45, 2.75) is 32.6 Å². The number of hydrogen-bond donors (Lipinski definition) is 0. The van der Waals surface area contributed by atoms with Crippen molar-refractivity contribution < 1.29 is 0 Å². The molecule has 2 aromatic rings. The van der Waals surface area contributed by atoms with Gasteiger partial charge in [-0.15, -0.1) is 16.4 Å². The monoisotopic (exact) mass is 236 g/mol. The van der Waals surface area contributed by atoms with Crippen molar-refractivity contribution in [1.29, 1.82) is 0 Å². The largest absolute Gasteiger partial charge is 0.252 e. The summed E-state index contributed by atoms with van der Waals surface area (Å²) in [5.74, 6) is 0.525. The first-order chi connectivity index (χ1) is 7.66. The van der Waals surface area contributed by atoms with E-state index < -0.39 is 0 Å². The van der Waals surface area contributed by atoms with Crippen molar-refractivity contribution in [3.8, 4) is 0 Å². The molecular weight excluding hydrogens is 220 g/mol. The maximum absolute atomic E-state index is 4.61. The molecule has 2 aromatic heterocycles. The van der Waals surface area contributed by atoms with Gasteiger partial charge in [0.25, 0.3) is 0 Å². The Morgan fingerprint density at radius 3 is 2.75 bits per heavy atom. The van der Waals surface area contributed by atoms with Crippen LogP contribution in [0.2, 0.25) is 0 Å². The summed E-state index contributed by atoms with van der Waals surface area (Å²) in [6.45, 7) is 4.35. The van der Waals surface area contributed by atoms with E-state index in [2.05, 4.69) is 34.5 Å². The van der Waals surface area contributed by atoms with Crippen molar-refractivity contribution in [2.75, 3.05) is 0 Å². The molecular formula is C11H16N4S. The molecule has 16 heavy (non-hydrogen) atoms. The molecule has 0 amide bonds. The Balaban J connectivity index is 1.97. The average Bonchev–Trinajstić information content (AvgIpc) is 2.83. The Morgan fingerprint density at radius 2 is 2.19 bits per heavy atom. The quantitative estimate of drug-likeness (QED) is 0.817. The molecule has 2 heterocycles. The van der Waals surface area contributed by atoms with Gasteiger partial charge in [0.2, 0.25) is 0 Å². The second-order valence-electron chi connectivity index (χ2n) is 4.18. The number of thiazole rings is 1. The molecule has 0 saturated carbocycles. The van der Waals surface area contributed by atoms with Crippen LogP contribution in [0.4, 0.5) is 0 Å². The van der Waals surface area contributed by atoms with Crippen LogP contribution < -0.4 is 0 Å². The van der Waals surface area contributed by atoms with Gasteiger partial charge in [0.05, 0.1) is 22.6 Å². The van der Waals surface area contributed by atoms with Crippen LogP contribution in [0.5, 0.6) is 0 Å². The Labute approximate surface area is 99.3 Å². The van der Waals surface area contributed by atoms with Gasteiger partial charge in [-0.2, -0.15) is 0 Å². The minimum atomic E-state index is 0.525. The standard InChI is InChI=1S/C11H16N4S/c1-8(2)11-13-9(7-16-11)4-5-10-6-12-14-15(10)3/h6-8H,4-5H2,1-3H3. The Bertz CT molecular complexity index is 458. The number of nitrogens with zero attached hydrogens (tertiary/aromatic N) is 4. The first-order valence-electron chi connectivity index (χ1n) is 5.44. The summed E-state index contributed by atoms with van der Waals surface area (Å²) in [6.07, 6.45) is 3.73. The van der Waals surface area contributed by atoms with E-state index in [9.17, 15) is 0 Å². The van der Waals surface area contributed by atoms with E-state index in [4.69, 9.17) is 0 Å². The lowest BCUT2D eigenvalue weighted by molar-refractivity contribution is 0.670. The zero-order chi connectivity index (χ0) is 11.5. The van der Waals surface area contributed by atoms with Gasteiger partial charge in [0, 0.05) is 18.3 Å². The van der Waals surface area contributed by atoms with Gasteiger partial charge in [0.1, 0.15) is 0 Å². The second kappa shape index (κ2) is 4.74. The van der Waals surface area contributed by atoms with Crippen molar-refractivity contribution in [1.82, 2.24) is 20.0 Å². The summed E-state index contributed by atoms with van der Waals surface area (Å²) in [7, 11) is 1.92. The van der Waals surface area contributed by atoms with Gasteiger partial charge in [-0.05, 0) is 12.8 Å². The van der Waals surface area contributed by atoms with E-state index in [1.54, 1.807) is 11.3 Å². The maximum atomic E-state index is 4.61. The third kappa shape index (κ3) is 2.47. The van der Waals surface area contributed by atoms with Gasteiger partial charge >= 0.3 is 0 Å². The summed E-state index contributed by atoms with van der Waals surface area (Å²) < 4.78 is 1.82. The third-order valence-corrected chi connectivity index (χ3v) is 3.70. The van der Waals surface area contributed by atoms with Crippen molar-refractivity contribution in [3.05, 3.63) is 28.0 Å². The number of rotatable bonds is 4.